The van der Waals surface area contributed by atoms with Gasteiger partial charge < -0.3 is 9.84 Å². The summed E-state index contributed by atoms with van der Waals surface area (Å²) in [5, 5.41) is 6.53. The number of benzene rings is 1. The number of sulfonamides is 1. The van der Waals surface area contributed by atoms with E-state index in [1.807, 2.05) is 0 Å². The number of carbonyl (C=O) groups is 1. The second-order valence-corrected chi connectivity index (χ2v) is 8.26. The van der Waals surface area contributed by atoms with E-state index in [9.17, 15) is 13.2 Å². The van der Waals surface area contributed by atoms with Gasteiger partial charge in [0.25, 0.3) is 5.91 Å². The fraction of sp³-hybridized carbons (Fsp3) is 0.222. The molecule has 10 heteroatoms. The highest BCUT2D eigenvalue weighted by Crippen LogP contribution is 2.32. The van der Waals surface area contributed by atoms with Gasteiger partial charge in [0.05, 0.1) is 5.92 Å². The quantitative estimate of drug-likeness (QED) is 0.686. The third-order valence-corrected chi connectivity index (χ3v) is 6.34. The van der Waals surface area contributed by atoms with E-state index in [4.69, 9.17) is 4.52 Å². The summed E-state index contributed by atoms with van der Waals surface area (Å²) in [4.78, 5) is 20.2. The maximum absolute atomic E-state index is 12.5. The highest BCUT2D eigenvalue weighted by Gasteiger charge is 2.40. The van der Waals surface area contributed by atoms with E-state index in [0.29, 0.717) is 22.8 Å². The van der Waals surface area contributed by atoms with Crippen molar-refractivity contribution in [3.63, 3.8) is 0 Å². The number of aromatic nitrogens is 3. The second kappa shape index (κ2) is 7.13. The lowest BCUT2D eigenvalue weighted by atomic mass is 10.0. The van der Waals surface area contributed by atoms with Crippen LogP contribution in [-0.4, -0.2) is 53.9 Å². The Kier molecular flexibility index (Phi) is 4.65. The van der Waals surface area contributed by atoms with Gasteiger partial charge in [0.1, 0.15) is 4.90 Å². The smallest absolute Gasteiger partial charge is 0.251 e. The lowest BCUT2D eigenvalue weighted by Gasteiger charge is -2.35. The van der Waals surface area contributed by atoms with Gasteiger partial charge in [0, 0.05) is 43.7 Å². The average molecular weight is 399 g/mol. The Balaban J connectivity index is 1.48. The summed E-state index contributed by atoms with van der Waals surface area (Å²) in [6.45, 7) is 0.522. The number of nitrogens with zero attached hydrogens (tertiary/aromatic N) is 4. The average Bonchev–Trinajstić information content (AvgIpc) is 3.16. The van der Waals surface area contributed by atoms with Crippen molar-refractivity contribution < 1.29 is 17.7 Å². The molecule has 1 aliphatic rings. The summed E-state index contributed by atoms with van der Waals surface area (Å²) >= 11 is 0. The molecule has 28 heavy (non-hydrogen) atoms. The van der Waals surface area contributed by atoms with E-state index in [1.54, 1.807) is 37.4 Å². The van der Waals surface area contributed by atoms with Gasteiger partial charge in [-0.05, 0) is 24.3 Å². The van der Waals surface area contributed by atoms with Crippen LogP contribution in [0.1, 0.15) is 22.2 Å². The van der Waals surface area contributed by atoms with Crippen LogP contribution in [0.5, 0.6) is 0 Å². The molecule has 0 unspecified atom stereocenters. The zero-order valence-corrected chi connectivity index (χ0v) is 15.8. The van der Waals surface area contributed by atoms with Gasteiger partial charge in [-0.1, -0.05) is 17.3 Å². The molecule has 0 spiro atoms. The van der Waals surface area contributed by atoms with Crippen molar-refractivity contribution in [2.24, 2.45) is 0 Å². The molecule has 144 valence electrons. The molecule has 0 saturated carbocycles. The maximum atomic E-state index is 12.5. The Morgan fingerprint density at radius 3 is 2.79 bits per heavy atom. The normalized spacial score (nSPS) is 15.2. The molecule has 2 aromatic heterocycles. The van der Waals surface area contributed by atoms with Crippen molar-refractivity contribution in [3.05, 3.63) is 60.2 Å². The van der Waals surface area contributed by atoms with Crippen molar-refractivity contribution in [2.75, 3.05) is 20.1 Å². The molecule has 0 aliphatic carbocycles. The van der Waals surface area contributed by atoms with Crippen LogP contribution >= 0.6 is 0 Å². The first-order chi connectivity index (χ1) is 13.5. The summed E-state index contributed by atoms with van der Waals surface area (Å²) in [7, 11) is -2.01. The standard InChI is InChI=1S/C18H17N5O4S/c1-19-17(24)13-5-2-4-12(8-13)16-21-18(27-22-16)14-10-23(11-14)28(25,26)15-6-3-7-20-9-15/h2-9,14H,10-11H2,1H3,(H,19,24). The molecule has 4 rings (SSSR count). The van der Waals surface area contributed by atoms with Crippen LogP contribution in [0.25, 0.3) is 11.4 Å². The zero-order valence-electron chi connectivity index (χ0n) is 14.9. The number of amides is 1. The topological polar surface area (TPSA) is 118 Å². The Labute approximate surface area is 161 Å². The third kappa shape index (κ3) is 3.27. The Morgan fingerprint density at radius 2 is 2.07 bits per heavy atom. The highest BCUT2D eigenvalue weighted by molar-refractivity contribution is 7.89. The van der Waals surface area contributed by atoms with Crippen LogP contribution in [0.4, 0.5) is 0 Å². The van der Waals surface area contributed by atoms with Gasteiger partial charge in [0.15, 0.2) is 0 Å². The van der Waals surface area contributed by atoms with Crippen molar-refractivity contribution in [1.82, 2.24) is 24.7 Å². The molecule has 1 saturated heterocycles. The Hall–Kier alpha value is -3.11. The Bertz CT molecular complexity index is 1110. The molecule has 1 aliphatic heterocycles. The van der Waals surface area contributed by atoms with Crippen LogP contribution in [0.3, 0.4) is 0 Å². The molecular weight excluding hydrogens is 382 g/mol. The lowest BCUT2D eigenvalue weighted by molar-refractivity contribution is 0.0963. The molecule has 0 bridgehead atoms. The van der Waals surface area contributed by atoms with E-state index in [2.05, 4.69) is 20.4 Å². The fourth-order valence-electron chi connectivity index (χ4n) is 2.90. The molecule has 0 radical (unpaired) electrons. The van der Waals surface area contributed by atoms with Crippen LogP contribution in [0.15, 0.2) is 58.2 Å². The monoisotopic (exact) mass is 399 g/mol. The van der Waals surface area contributed by atoms with E-state index >= 15 is 0 Å². The van der Waals surface area contributed by atoms with Crippen LogP contribution in [0, 0.1) is 0 Å². The lowest BCUT2D eigenvalue weighted by Crippen LogP contribution is -2.48. The first-order valence-electron chi connectivity index (χ1n) is 8.55. The van der Waals surface area contributed by atoms with Crippen molar-refractivity contribution in [3.8, 4) is 11.4 Å². The number of pyridine rings is 1. The first-order valence-corrected chi connectivity index (χ1v) is 9.99. The number of nitrogens with one attached hydrogen (secondary N) is 1. The number of hydrogen-bond donors (Lipinski definition) is 1. The molecule has 0 atom stereocenters. The molecule has 3 heterocycles. The van der Waals surface area contributed by atoms with Crippen LogP contribution in [-0.2, 0) is 10.0 Å². The number of hydrogen-bond acceptors (Lipinski definition) is 7. The molecule has 3 aromatic rings. The summed E-state index contributed by atoms with van der Waals surface area (Å²) in [5.41, 5.74) is 1.14. The predicted molar refractivity (Wildman–Crippen MR) is 98.9 cm³/mol. The maximum Gasteiger partial charge on any atom is 0.251 e. The highest BCUT2D eigenvalue weighted by atomic mass is 32.2. The predicted octanol–water partition coefficient (Wildman–Crippen LogP) is 1.28. The van der Waals surface area contributed by atoms with Gasteiger partial charge in [-0.25, -0.2) is 8.42 Å². The van der Waals surface area contributed by atoms with Gasteiger partial charge >= 0.3 is 0 Å². The van der Waals surface area contributed by atoms with E-state index in [0.717, 1.165) is 0 Å². The number of carbonyl (C=O) groups excluding carboxylic acids is 1. The van der Waals surface area contributed by atoms with E-state index < -0.39 is 10.0 Å². The molecule has 1 aromatic carbocycles. The fourth-order valence-corrected chi connectivity index (χ4v) is 4.40. The molecule has 1 fully saturated rings. The van der Waals surface area contributed by atoms with Crippen LogP contribution in [0.2, 0.25) is 0 Å². The Morgan fingerprint density at radius 1 is 1.25 bits per heavy atom. The van der Waals surface area contributed by atoms with E-state index in [1.165, 1.54) is 22.8 Å². The summed E-state index contributed by atoms with van der Waals surface area (Å²) in [5.74, 6) is 0.350. The van der Waals surface area contributed by atoms with Crippen molar-refractivity contribution in [1.29, 1.82) is 0 Å². The van der Waals surface area contributed by atoms with Crippen molar-refractivity contribution >= 4 is 15.9 Å². The SMILES string of the molecule is CNC(=O)c1cccc(-c2noc(C3CN(S(=O)(=O)c4cccnc4)C3)n2)c1. The van der Waals surface area contributed by atoms with E-state index in [-0.39, 0.29) is 29.8 Å². The molecule has 1 N–H and O–H groups in total. The zero-order chi connectivity index (χ0) is 19.7. The molecular formula is C18H17N5O4S. The van der Waals surface area contributed by atoms with Gasteiger partial charge in [-0.3, -0.25) is 9.78 Å². The largest absolute Gasteiger partial charge is 0.355 e. The first kappa shape index (κ1) is 18.3. The minimum Gasteiger partial charge on any atom is -0.355 e. The minimum absolute atomic E-state index is 0.158. The van der Waals surface area contributed by atoms with Gasteiger partial charge in [-0.2, -0.15) is 9.29 Å². The third-order valence-electron chi connectivity index (χ3n) is 4.52. The molecule has 1 amide bonds. The summed E-state index contributed by atoms with van der Waals surface area (Å²) < 4.78 is 31.7. The van der Waals surface area contributed by atoms with Crippen molar-refractivity contribution in [2.45, 2.75) is 10.8 Å². The molecule has 9 nitrogen and oxygen atoms in total. The summed E-state index contributed by atoms with van der Waals surface area (Å²) in [6, 6.07) is 9.98. The van der Waals surface area contributed by atoms with Gasteiger partial charge in [0.2, 0.25) is 21.7 Å². The number of rotatable bonds is 5. The second-order valence-electron chi connectivity index (χ2n) is 6.32. The van der Waals surface area contributed by atoms with Crippen LogP contribution < -0.4 is 5.32 Å². The van der Waals surface area contributed by atoms with Gasteiger partial charge in [-0.15, -0.1) is 0 Å². The minimum atomic E-state index is -3.57. The summed E-state index contributed by atoms with van der Waals surface area (Å²) in [6.07, 6.45) is 2.85.